The average molecular weight is 373 g/mol. The number of nitrogens with zero attached hydrogens (tertiary/aromatic N) is 1. The van der Waals surface area contributed by atoms with Crippen molar-refractivity contribution in [2.45, 2.75) is 53.0 Å². The van der Waals surface area contributed by atoms with Crippen LogP contribution in [0.25, 0.3) is 0 Å². The summed E-state index contributed by atoms with van der Waals surface area (Å²) in [7, 11) is 0. The van der Waals surface area contributed by atoms with Gasteiger partial charge in [0, 0.05) is 17.9 Å². The molecule has 0 unspecified atom stereocenters. The number of benzene rings is 2. The zero-order valence-electron chi connectivity index (χ0n) is 17.0. The molecule has 0 spiro atoms. The molecule has 0 atom stereocenters. The lowest BCUT2D eigenvalue weighted by molar-refractivity contribution is 0.101. The number of aromatic nitrogens is 1. The number of hydrogen-bond acceptors (Lipinski definition) is 1. The maximum absolute atomic E-state index is 13.3. The van der Waals surface area contributed by atoms with E-state index in [1.54, 1.807) is 0 Å². The van der Waals surface area contributed by atoms with Crippen molar-refractivity contribution in [1.82, 2.24) is 4.57 Å². The minimum atomic E-state index is -0.00912. The number of anilines is 1. The van der Waals surface area contributed by atoms with E-state index >= 15 is 0 Å². The van der Waals surface area contributed by atoms with Crippen LogP contribution < -0.4 is 5.32 Å². The molecule has 1 N–H and O–H groups in total. The van der Waals surface area contributed by atoms with E-state index in [-0.39, 0.29) is 5.91 Å². The molecule has 144 valence electrons. The quantitative estimate of drug-likeness (QED) is 0.636. The Balaban J connectivity index is 1.75. The Morgan fingerprint density at radius 2 is 1.68 bits per heavy atom. The van der Waals surface area contributed by atoms with E-state index in [4.69, 9.17) is 0 Å². The lowest BCUT2D eigenvalue weighted by Gasteiger charge is -2.17. The number of amides is 1. The fraction of sp³-hybridized carbons (Fsp3) is 0.320. The SMILES string of the molecule is Cc1cccc(Cn2c3c(c(C)c2C(=O)Nc2cccc(C)c2)CCCC3)c1. The van der Waals surface area contributed by atoms with Gasteiger partial charge in [-0.05, 0) is 80.8 Å². The highest BCUT2D eigenvalue weighted by molar-refractivity contribution is 6.04. The van der Waals surface area contributed by atoms with Crippen LogP contribution in [0.4, 0.5) is 5.69 Å². The average Bonchev–Trinajstić information content (AvgIpc) is 2.94. The topological polar surface area (TPSA) is 34.0 Å². The van der Waals surface area contributed by atoms with Gasteiger partial charge >= 0.3 is 0 Å². The third kappa shape index (κ3) is 3.62. The highest BCUT2D eigenvalue weighted by Crippen LogP contribution is 2.31. The molecule has 1 aliphatic rings. The molecule has 3 nitrogen and oxygen atoms in total. The van der Waals surface area contributed by atoms with Crippen molar-refractivity contribution in [2.24, 2.45) is 0 Å². The maximum Gasteiger partial charge on any atom is 0.272 e. The van der Waals surface area contributed by atoms with Crippen LogP contribution >= 0.6 is 0 Å². The second-order valence-electron chi connectivity index (χ2n) is 8.00. The molecule has 0 saturated heterocycles. The Labute approximate surface area is 167 Å². The highest BCUT2D eigenvalue weighted by Gasteiger charge is 2.26. The molecule has 0 saturated carbocycles. The number of hydrogen-bond donors (Lipinski definition) is 1. The third-order valence-corrected chi connectivity index (χ3v) is 5.76. The van der Waals surface area contributed by atoms with Gasteiger partial charge in [-0.25, -0.2) is 0 Å². The monoisotopic (exact) mass is 372 g/mol. The van der Waals surface area contributed by atoms with Gasteiger partial charge < -0.3 is 9.88 Å². The predicted molar refractivity (Wildman–Crippen MR) is 115 cm³/mol. The highest BCUT2D eigenvalue weighted by atomic mass is 16.2. The van der Waals surface area contributed by atoms with Crippen LogP contribution in [-0.2, 0) is 19.4 Å². The summed E-state index contributed by atoms with van der Waals surface area (Å²) in [6.07, 6.45) is 4.54. The molecule has 1 heterocycles. The minimum absolute atomic E-state index is 0.00912. The van der Waals surface area contributed by atoms with E-state index in [0.29, 0.717) is 0 Å². The second-order valence-corrected chi connectivity index (χ2v) is 8.00. The van der Waals surface area contributed by atoms with Crippen LogP contribution in [-0.4, -0.2) is 10.5 Å². The smallest absolute Gasteiger partial charge is 0.272 e. The number of carbonyl (C=O) groups is 1. The van der Waals surface area contributed by atoms with Crippen LogP contribution in [0.15, 0.2) is 48.5 Å². The van der Waals surface area contributed by atoms with Gasteiger partial charge in [-0.15, -0.1) is 0 Å². The van der Waals surface area contributed by atoms with Crippen molar-refractivity contribution in [3.8, 4) is 0 Å². The Bertz CT molecular complexity index is 1030. The lowest BCUT2D eigenvalue weighted by Crippen LogP contribution is -2.20. The van der Waals surface area contributed by atoms with Crippen LogP contribution in [0.5, 0.6) is 0 Å². The van der Waals surface area contributed by atoms with Crippen LogP contribution in [0.2, 0.25) is 0 Å². The van der Waals surface area contributed by atoms with E-state index in [1.165, 1.54) is 35.2 Å². The molecule has 0 radical (unpaired) electrons. The number of rotatable bonds is 4. The summed E-state index contributed by atoms with van der Waals surface area (Å²) in [4.78, 5) is 13.3. The van der Waals surface area contributed by atoms with Crippen LogP contribution in [0.3, 0.4) is 0 Å². The Morgan fingerprint density at radius 1 is 0.964 bits per heavy atom. The van der Waals surface area contributed by atoms with Gasteiger partial charge in [0.1, 0.15) is 5.69 Å². The molecule has 2 aromatic carbocycles. The first-order chi connectivity index (χ1) is 13.5. The fourth-order valence-corrected chi connectivity index (χ4v) is 4.45. The number of carbonyl (C=O) groups excluding carboxylic acids is 1. The first-order valence-electron chi connectivity index (χ1n) is 10.2. The largest absolute Gasteiger partial charge is 0.336 e. The standard InChI is InChI=1S/C25H28N2O/c1-17-8-6-10-20(14-17)16-27-23-13-5-4-12-22(23)19(3)24(27)25(28)26-21-11-7-9-18(2)15-21/h6-11,14-15H,4-5,12-13,16H2,1-3H3,(H,26,28). The molecular weight excluding hydrogens is 344 g/mol. The van der Waals surface area contributed by atoms with Crippen molar-refractivity contribution in [3.05, 3.63) is 87.7 Å². The molecule has 3 heteroatoms. The Morgan fingerprint density at radius 3 is 2.43 bits per heavy atom. The summed E-state index contributed by atoms with van der Waals surface area (Å²) in [6, 6.07) is 16.6. The van der Waals surface area contributed by atoms with Crippen molar-refractivity contribution < 1.29 is 4.79 Å². The van der Waals surface area contributed by atoms with Crippen molar-refractivity contribution in [2.75, 3.05) is 5.32 Å². The van der Waals surface area contributed by atoms with E-state index in [0.717, 1.165) is 41.9 Å². The van der Waals surface area contributed by atoms with E-state index in [2.05, 4.69) is 48.0 Å². The zero-order chi connectivity index (χ0) is 19.7. The maximum atomic E-state index is 13.3. The van der Waals surface area contributed by atoms with Gasteiger partial charge in [0.25, 0.3) is 5.91 Å². The zero-order valence-corrected chi connectivity index (χ0v) is 17.0. The van der Waals surface area contributed by atoms with Gasteiger partial charge in [-0.2, -0.15) is 0 Å². The van der Waals surface area contributed by atoms with E-state index < -0.39 is 0 Å². The van der Waals surface area contributed by atoms with E-state index in [9.17, 15) is 4.79 Å². The summed E-state index contributed by atoms with van der Waals surface area (Å²) >= 11 is 0. The Hall–Kier alpha value is -2.81. The predicted octanol–water partition coefficient (Wildman–Crippen LogP) is 5.59. The minimum Gasteiger partial charge on any atom is -0.336 e. The van der Waals surface area contributed by atoms with Crippen LogP contribution in [0.1, 0.15) is 56.8 Å². The third-order valence-electron chi connectivity index (χ3n) is 5.76. The fourth-order valence-electron chi connectivity index (χ4n) is 4.45. The molecule has 0 bridgehead atoms. The van der Waals surface area contributed by atoms with E-state index in [1.807, 2.05) is 31.2 Å². The summed E-state index contributed by atoms with van der Waals surface area (Å²) in [5.41, 5.74) is 9.18. The molecule has 4 rings (SSSR count). The molecule has 3 aromatic rings. The number of fused-ring (bicyclic) bond motifs is 1. The molecule has 0 fully saturated rings. The molecular formula is C25H28N2O. The summed E-state index contributed by atoms with van der Waals surface area (Å²) < 4.78 is 2.27. The van der Waals surface area contributed by atoms with Crippen molar-refractivity contribution in [1.29, 1.82) is 0 Å². The number of nitrogens with one attached hydrogen (secondary N) is 1. The van der Waals surface area contributed by atoms with Gasteiger partial charge in [-0.3, -0.25) is 4.79 Å². The summed E-state index contributed by atoms with van der Waals surface area (Å²) in [6.45, 7) is 7.02. The number of aryl methyl sites for hydroxylation is 2. The second kappa shape index (κ2) is 7.67. The first-order valence-corrected chi connectivity index (χ1v) is 10.2. The van der Waals surface area contributed by atoms with Gasteiger partial charge in [-0.1, -0.05) is 42.0 Å². The van der Waals surface area contributed by atoms with Crippen LogP contribution in [0, 0.1) is 20.8 Å². The normalized spacial score (nSPS) is 13.2. The van der Waals surface area contributed by atoms with Crippen molar-refractivity contribution in [3.63, 3.8) is 0 Å². The van der Waals surface area contributed by atoms with Gasteiger partial charge in [0.2, 0.25) is 0 Å². The van der Waals surface area contributed by atoms with Crippen molar-refractivity contribution >= 4 is 11.6 Å². The molecule has 1 amide bonds. The van der Waals surface area contributed by atoms with Gasteiger partial charge in [0.15, 0.2) is 0 Å². The molecule has 1 aliphatic carbocycles. The van der Waals surface area contributed by atoms with Gasteiger partial charge in [0.05, 0.1) is 0 Å². The summed E-state index contributed by atoms with van der Waals surface area (Å²) in [5, 5.41) is 3.13. The summed E-state index contributed by atoms with van der Waals surface area (Å²) in [5.74, 6) is -0.00912. The lowest BCUT2D eigenvalue weighted by atomic mass is 9.95. The molecule has 1 aromatic heterocycles. The Kier molecular flexibility index (Phi) is 5.08. The first kappa shape index (κ1) is 18.5. The molecule has 28 heavy (non-hydrogen) atoms. The molecule has 0 aliphatic heterocycles.